The van der Waals surface area contributed by atoms with Crippen molar-refractivity contribution < 1.29 is 13.2 Å². The number of nitriles is 1. The summed E-state index contributed by atoms with van der Waals surface area (Å²) in [6.45, 7) is 1.06. The molecule has 2 atom stereocenters. The standard InChI is InChI=1S/C11H18F3N3/c1-16(2)10-4-3-5-17(8-10)7-9(6-15)11(12,13)14/h9-10H,3-5,7-8H2,1-2H3. The zero-order valence-corrected chi connectivity index (χ0v) is 10.2. The molecule has 0 bridgehead atoms. The van der Waals surface area contributed by atoms with Crippen molar-refractivity contribution in [2.24, 2.45) is 5.92 Å². The second-order valence-electron chi connectivity index (χ2n) is 4.74. The molecule has 0 aromatic rings. The first-order valence-corrected chi connectivity index (χ1v) is 5.69. The number of likely N-dealkylation sites (N-methyl/N-ethyl adjacent to an activating group) is 1. The maximum absolute atomic E-state index is 12.5. The Balaban J connectivity index is 2.54. The van der Waals surface area contributed by atoms with E-state index in [0.29, 0.717) is 13.1 Å². The van der Waals surface area contributed by atoms with Gasteiger partial charge in [-0.3, -0.25) is 0 Å². The summed E-state index contributed by atoms with van der Waals surface area (Å²) in [5.41, 5.74) is 0. The molecule has 0 aromatic heterocycles. The van der Waals surface area contributed by atoms with Gasteiger partial charge in [-0.05, 0) is 33.5 Å². The average molecular weight is 249 g/mol. The lowest BCUT2D eigenvalue weighted by Crippen LogP contribution is -2.47. The number of likely N-dealkylation sites (tertiary alicyclic amines) is 1. The quantitative estimate of drug-likeness (QED) is 0.763. The van der Waals surface area contributed by atoms with Gasteiger partial charge in [-0.25, -0.2) is 0 Å². The molecule has 0 radical (unpaired) electrons. The fourth-order valence-corrected chi connectivity index (χ4v) is 2.09. The second kappa shape index (κ2) is 5.69. The molecule has 0 N–H and O–H groups in total. The second-order valence-corrected chi connectivity index (χ2v) is 4.74. The van der Waals surface area contributed by atoms with Crippen molar-refractivity contribution in [3.63, 3.8) is 0 Å². The number of hydrogen-bond acceptors (Lipinski definition) is 3. The van der Waals surface area contributed by atoms with Crippen LogP contribution in [0.1, 0.15) is 12.8 Å². The Hall–Kier alpha value is -0.800. The molecule has 2 unspecified atom stereocenters. The number of hydrogen-bond donors (Lipinski definition) is 0. The molecule has 0 aliphatic carbocycles. The summed E-state index contributed by atoms with van der Waals surface area (Å²) >= 11 is 0. The largest absolute Gasteiger partial charge is 0.405 e. The van der Waals surface area contributed by atoms with E-state index >= 15 is 0 Å². The molecule has 0 amide bonds. The highest BCUT2D eigenvalue weighted by Crippen LogP contribution is 2.27. The summed E-state index contributed by atoms with van der Waals surface area (Å²) in [4.78, 5) is 3.77. The first kappa shape index (κ1) is 14.3. The van der Waals surface area contributed by atoms with Gasteiger partial charge in [0.05, 0.1) is 6.07 Å². The summed E-state index contributed by atoms with van der Waals surface area (Å²) < 4.78 is 37.4. The van der Waals surface area contributed by atoms with Gasteiger partial charge >= 0.3 is 6.18 Å². The van der Waals surface area contributed by atoms with Crippen molar-refractivity contribution in [3.8, 4) is 6.07 Å². The third-order valence-electron chi connectivity index (χ3n) is 3.20. The normalized spacial score (nSPS) is 24.6. The Morgan fingerprint density at radius 3 is 2.59 bits per heavy atom. The van der Waals surface area contributed by atoms with Crippen LogP contribution in [0.2, 0.25) is 0 Å². The van der Waals surface area contributed by atoms with Crippen LogP contribution < -0.4 is 0 Å². The highest BCUT2D eigenvalue weighted by Gasteiger charge is 2.41. The van der Waals surface area contributed by atoms with Crippen LogP contribution in [0.25, 0.3) is 0 Å². The molecule has 0 aromatic carbocycles. The molecule has 1 rings (SSSR count). The van der Waals surface area contributed by atoms with Crippen LogP contribution >= 0.6 is 0 Å². The molecule has 0 spiro atoms. The predicted octanol–water partition coefficient (Wildman–Crippen LogP) is 1.71. The molecule has 98 valence electrons. The summed E-state index contributed by atoms with van der Waals surface area (Å²) in [5, 5.41) is 8.56. The minimum atomic E-state index is -4.42. The van der Waals surface area contributed by atoms with Gasteiger partial charge in [0.2, 0.25) is 0 Å². The van der Waals surface area contributed by atoms with E-state index in [-0.39, 0.29) is 12.6 Å². The van der Waals surface area contributed by atoms with Crippen molar-refractivity contribution in [2.45, 2.75) is 25.1 Å². The van der Waals surface area contributed by atoms with Crippen LogP contribution in [0, 0.1) is 17.2 Å². The van der Waals surface area contributed by atoms with Crippen LogP contribution in [0.4, 0.5) is 13.2 Å². The molecule has 6 heteroatoms. The summed E-state index contributed by atoms with van der Waals surface area (Å²) in [5.74, 6) is -1.87. The van der Waals surface area contributed by atoms with Gasteiger partial charge in [-0.15, -0.1) is 0 Å². The van der Waals surface area contributed by atoms with Crippen LogP contribution in [0.5, 0.6) is 0 Å². The van der Waals surface area contributed by atoms with Crippen molar-refractivity contribution >= 4 is 0 Å². The maximum atomic E-state index is 12.5. The molecular formula is C11H18F3N3. The van der Waals surface area contributed by atoms with E-state index in [1.807, 2.05) is 19.0 Å². The summed E-state index contributed by atoms with van der Waals surface area (Å²) in [6, 6.07) is 1.64. The zero-order chi connectivity index (χ0) is 13.1. The summed E-state index contributed by atoms with van der Waals surface area (Å²) in [6.07, 6.45) is -2.52. The van der Waals surface area contributed by atoms with E-state index in [4.69, 9.17) is 5.26 Å². The number of piperidine rings is 1. The monoisotopic (exact) mass is 249 g/mol. The number of rotatable bonds is 3. The van der Waals surface area contributed by atoms with Gasteiger partial charge < -0.3 is 9.80 Å². The number of halogens is 3. The van der Waals surface area contributed by atoms with Gasteiger partial charge in [0.25, 0.3) is 0 Å². The first-order chi connectivity index (χ1) is 7.84. The number of alkyl halides is 3. The van der Waals surface area contributed by atoms with E-state index in [9.17, 15) is 13.2 Å². The van der Waals surface area contributed by atoms with Crippen molar-refractivity contribution in [2.75, 3.05) is 33.7 Å². The van der Waals surface area contributed by atoms with Gasteiger partial charge in [-0.2, -0.15) is 18.4 Å². The Labute approximate surface area is 99.8 Å². The molecule has 17 heavy (non-hydrogen) atoms. The summed E-state index contributed by atoms with van der Waals surface area (Å²) in [7, 11) is 3.86. The topological polar surface area (TPSA) is 30.3 Å². The fraction of sp³-hybridized carbons (Fsp3) is 0.909. The van der Waals surface area contributed by atoms with Crippen molar-refractivity contribution in [1.82, 2.24) is 9.80 Å². The predicted molar refractivity (Wildman–Crippen MR) is 58.3 cm³/mol. The van der Waals surface area contributed by atoms with Gasteiger partial charge in [-0.1, -0.05) is 0 Å². The van der Waals surface area contributed by atoms with Gasteiger partial charge in [0, 0.05) is 19.1 Å². The van der Waals surface area contributed by atoms with Crippen LogP contribution in [0.3, 0.4) is 0 Å². The fourth-order valence-electron chi connectivity index (χ4n) is 2.09. The molecule has 1 saturated heterocycles. The van der Waals surface area contributed by atoms with Gasteiger partial charge in [0.15, 0.2) is 5.92 Å². The Morgan fingerprint density at radius 1 is 1.47 bits per heavy atom. The van der Waals surface area contributed by atoms with Gasteiger partial charge in [0.1, 0.15) is 0 Å². The van der Waals surface area contributed by atoms with E-state index in [1.165, 1.54) is 6.07 Å². The molecule has 3 nitrogen and oxygen atoms in total. The minimum absolute atomic E-state index is 0.204. The SMILES string of the molecule is CN(C)C1CCCN(CC(C#N)C(F)(F)F)C1. The lowest BCUT2D eigenvalue weighted by Gasteiger charge is -2.37. The highest BCUT2D eigenvalue weighted by atomic mass is 19.4. The molecule has 1 heterocycles. The lowest BCUT2D eigenvalue weighted by molar-refractivity contribution is -0.164. The molecule has 1 aliphatic heterocycles. The average Bonchev–Trinajstić information content (AvgIpc) is 2.24. The lowest BCUT2D eigenvalue weighted by atomic mass is 10.0. The van der Waals surface area contributed by atoms with Crippen molar-refractivity contribution in [1.29, 1.82) is 5.26 Å². The first-order valence-electron chi connectivity index (χ1n) is 5.69. The van der Waals surface area contributed by atoms with Crippen LogP contribution in [-0.2, 0) is 0 Å². The van der Waals surface area contributed by atoms with Crippen LogP contribution in [0.15, 0.2) is 0 Å². The minimum Gasteiger partial charge on any atom is -0.305 e. The zero-order valence-electron chi connectivity index (χ0n) is 10.2. The Bertz CT molecular complexity index is 283. The number of nitrogens with zero attached hydrogens (tertiary/aromatic N) is 3. The van der Waals surface area contributed by atoms with E-state index < -0.39 is 12.1 Å². The smallest absolute Gasteiger partial charge is 0.305 e. The Morgan fingerprint density at radius 2 is 2.12 bits per heavy atom. The van der Waals surface area contributed by atoms with Crippen molar-refractivity contribution in [3.05, 3.63) is 0 Å². The molecule has 1 aliphatic rings. The third-order valence-corrected chi connectivity index (χ3v) is 3.20. The molecule has 1 fully saturated rings. The third kappa shape index (κ3) is 4.17. The Kier molecular flexibility index (Phi) is 4.78. The van der Waals surface area contributed by atoms with E-state index in [2.05, 4.69) is 0 Å². The molecule has 0 saturated carbocycles. The molecular weight excluding hydrogens is 231 g/mol. The highest BCUT2D eigenvalue weighted by molar-refractivity contribution is 4.92. The van der Waals surface area contributed by atoms with Crippen LogP contribution in [-0.4, -0.2) is 55.7 Å². The van der Waals surface area contributed by atoms with E-state index in [1.54, 1.807) is 4.90 Å². The van der Waals surface area contributed by atoms with E-state index in [0.717, 1.165) is 12.8 Å². The maximum Gasteiger partial charge on any atom is 0.405 e.